The van der Waals surface area contributed by atoms with Crippen LogP contribution < -0.4 is 16.6 Å². The Morgan fingerprint density at radius 3 is 3.00 bits per heavy atom. The van der Waals surface area contributed by atoms with Crippen molar-refractivity contribution < 1.29 is 0 Å². The fourth-order valence-corrected chi connectivity index (χ4v) is 3.12. The van der Waals surface area contributed by atoms with Gasteiger partial charge in [-0.05, 0) is 31.7 Å². The normalized spacial score (nSPS) is 14.8. The van der Waals surface area contributed by atoms with Crippen molar-refractivity contribution in [2.75, 3.05) is 17.3 Å². The molecule has 0 bridgehead atoms. The van der Waals surface area contributed by atoms with Crippen molar-refractivity contribution in [2.24, 2.45) is 11.8 Å². The van der Waals surface area contributed by atoms with Gasteiger partial charge in [0.25, 0.3) is 0 Å². The summed E-state index contributed by atoms with van der Waals surface area (Å²) in [6, 6.07) is 2.13. The van der Waals surface area contributed by atoms with Gasteiger partial charge in [-0.1, -0.05) is 12.8 Å². The monoisotopic (exact) mass is 277 g/mol. The van der Waals surface area contributed by atoms with E-state index in [1.807, 2.05) is 0 Å². The SMILES string of the molecule is Cc1cc2c(NCCCC3CC3)nc(NN)nc2s1. The number of nitrogens with two attached hydrogens (primary N) is 1. The number of hydrogen-bond donors (Lipinski definition) is 3. The summed E-state index contributed by atoms with van der Waals surface area (Å²) in [5.41, 5.74) is 2.53. The van der Waals surface area contributed by atoms with Crippen molar-refractivity contribution in [3.63, 3.8) is 0 Å². The molecule has 0 spiro atoms. The molecule has 3 rings (SSSR count). The first-order chi connectivity index (χ1) is 9.26. The Hall–Kier alpha value is -1.40. The average molecular weight is 277 g/mol. The molecule has 0 aliphatic heterocycles. The van der Waals surface area contributed by atoms with Crippen LogP contribution >= 0.6 is 11.3 Å². The summed E-state index contributed by atoms with van der Waals surface area (Å²) >= 11 is 1.66. The minimum absolute atomic E-state index is 0.471. The number of fused-ring (bicyclic) bond motifs is 1. The molecule has 102 valence electrons. The Morgan fingerprint density at radius 1 is 1.42 bits per heavy atom. The fourth-order valence-electron chi connectivity index (χ4n) is 2.25. The largest absolute Gasteiger partial charge is 0.369 e. The lowest BCUT2D eigenvalue weighted by Crippen LogP contribution is -2.12. The molecular weight excluding hydrogens is 258 g/mol. The van der Waals surface area contributed by atoms with Crippen LogP contribution in [0.2, 0.25) is 0 Å². The predicted octanol–water partition coefficient (Wildman–Crippen LogP) is 2.89. The van der Waals surface area contributed by atoms with E-state index in [2.05, 4.69) is 33.7 Å². The standard InChI is InChI=1S/C13H19N5S/c1-8-7-10-11(15-6-2-3-9-4-5-9)16-13(18-14)17-12(10)19-8/h7,9H,2-6,14H2,1H3,(H2,15,16,17,18). The number of aryl methyl sites for hydroxylation is 1. The minimum atomic E-state index is 0.471. The van der Waals surface area contributed by atoms with E-state index in [9.17, 15) is 0 Å². The highest BCUT2D eigenvalue weighted by molar-refractivity contribution is 7.18. The highest BCUT2D eigenvalue weighted by Gasteiger charge is 2.20. The molecule has 0 atom stereocenters. The van der Waals surface area contributed by atoms with Crippen LogP contribution in [0.15, 0.2) is 6.07 Å². The van der Waals surface area contributed by atoms with Gasteiger partial charge in [0.2, 0.25) is 5.95 Å². The topological polar surface area (TPSA) is 75.9 Å². The number of thiophene rings is 1. The Labute approximate surface area is 116 Å². The van der Waals surface area contributed by atoms with Crippen molar-refractivity contribution >= 4 is 33.3 Å². The molecule has 0 saturated heterocycles. The molecule has 0 amide bonds. The van der Waals surface area contributed by atoms with Gasteiger partial charge in [-0.25, -0.2) is 10.8 Å². The highest BCUT2D eigenvalue weighted by Crippen LogP contribution is 2.33. The molecule has 1 fully saturated rings. The Morgan fingerprint density at radius 2 is 2.26 bits per heavy atom. The van der Waals surface area contributed by atoms with Gasteiger partial charge >= 0.3 is 0 Å². The molecule has 2 aromatic rings. The van der Waals surface area contributed by atoms with Crippen LogP contribution in [-0.2, 0) is 0 Å². The molecule has 0 aromatic carbocycles. The zero-order valence-corrected chi connectivity index (χ0v) is 11.9. The van der Waals surface area contributed by atoms with E-state index in [-0.39, 0.29) is 0 Å². The van der Waals surface area contributed by atoms with Crippen LogP contribution in [0.4, 0.5) is 11.8 Å². The summed E-state index contributed by atoms with van der Waals surface area (Å²) in [6.07, 6.45) is 5.36. The van der Waals surface area contributed by atoms with Crippen molar-refractivity contribution in [1.82, 2.24) is 9.97 Å². The van der Waals surface area contributed by atoms with E-state index in [0.717, 1.165) is 28.5 Å². The van der Waals surface area contributed by atoms with Crippen molar-refractivity contribution in [2.45, 2.75) is 32.6 Å². The van der Waals surface area contributed by atoms with Crippen molar-refractivity contribution in [1.29, 1.82) is 0 Å². The van der Waals surface area contributed by atoms with E-state index in [4.69, 9.17) is 5.84 Å². The molecular formula is C13H19N5S. The number of anilines is 2. The van der Waals surface area contributed by atoms with Gasteiger partial charge in [-0.3, -0.25) is 5.43 Å². The van der Waals surface area contributed by atoms with Gasteiger partial charge in [-0.2, -0.15) is 4.98 Å². The lowest BCUT2D eigenvalue weighted by atomic mass is 10.2. The van der Waals surface area contributed by atoms with Crippen molar-refractivity contribution in [3.05, 3.63) is 10.9 Å². The van der Waals surface area contributed by atoms with Crippen LogP contribution in [0.25, 0.3) is 10.2 Å². The second-order valence-electron chi connectivity index (χ2n) is 5.13. The highest BCUT2D eigenvalue weighted by atomic mass is 32.1. The Balaban J connectivity index is 1.74. The lowest BCUT2D eigenvalue weighted by molar-refractivity contribution is 0.687. The van der Waals surface area contributed by atoms with E-state index in [1.165, 1.54) is 30.6 Å². The second-order valence-corrected chi connectivity index (χ2v) is 6.36. The number of nitrogens with one attached hydrogen (secondary N) is 2. The van der Waals surface area contributed by atoms with Gasteiger partial charge in [-0.15, -0.1) is 11.3 Å². The van der Waals surface area contributed by atoms with Crippen LogP contribution in [0.3, 0.4) is 0 Å². The molecule has 1 aliphatic rings. The Bertz CT molecular complexity index is 576. The first-order valence-corrected chi connectivity index (χ1v) is 7.56. The molecule has 0 unspecified atom stereocenters. The number of hydrogen-bond acceptors (Lipinski definition) is 6. The molecule has 6 heteroatoms. The maximum Gasteiger partial charge on any atom is 0.240 e. The smallest absolute Gasteiger partial charge is 0.240 e. The van der Waals surface area contributed by atoms with E-state index in [1.54, 1.807) is 11.3 Å². The van der Waals surface area contributed by atoms with Crippen LogP contribution in [0.5, 0.6) is 0 Å². The molecule has 0 radical (unpaired) electrons. The number of aromatic nitrogens is 2. The van der Waals surface area contributed by atoms with E-state index >= 15 is 0 Å². The zero-order chi connectivity index (χ0) is 13.2. The summed E-state index contributed by atoms with van der Waals surface area (Å²) < 4.78 is 0. The predicted molar refractivity (Wildman–Crippen MR) is 80.4 cm³/mol. The molecule has 2 aromatic heterocycles. The third-order valence-corrected chi connectivity index (χ3v) is 4.37. The first kappa shape index (κ1) is 12.6. The van der Waals surface area contributed by atoms with Crippen LogP contribution in [0, 0.1) is 12.8 Å². The summed E-state index contributed by atoms with van der Waals surface area (Å²) in [6.45, 7) is 3.04. The maximum absolute atomic E-state index is 5.42. The van der Waals surface area contributed by atoms with E-state index in [0.29, 0.717) is 5.95 Å². The molecule has 2 heterocycles. The van der Waals surface area contributed by atoms with Crippen molar-refractivity contribution in [3.8, 4) is 0 Å². The van der Waals surface area contributed by atoms with Gasteiger partial charge < -0.3 is 5.32 Å². The zero-order valence-electron chi connectivity index (χ0n) is 11.1. The van der Waals surface area contributed by atoms with Gasteiger partial charge in [0.15, 0.2) is 0 Å². The van der Waals surface area contributed by atoms with Gasteiger partial charge in [0.05, 0.1) is 5.39 Å². The third-order valence-electron chi connectivity index (χ3n) is 3.42. The van der Waals surface area contributed by atoms with Crippen LogP contribution in [0.1, 0.15) is 30.6 Å². The number of nitrogens with zero attached hydrogens (tertiary/aromatic N) is 2. The molecule has 5 nitrogen and oxygen atoms in total. The maximum atomic E-state index is 5.42. The summed E-state index contributed by atoms with van der Waals surface area (Å²) in [4.78, 5) is 11.0. The average Bonchev–Trinajstić information content (AvgIpc) is 3.14. The van der Waals surface area contributed by atoms with E-state index < -0.39 is 0 Å². The number of hydrazine groups is 1. The third kappa shape index (κ3) is 2.96. The molecule has 1 aliphatic carbocycles. The summed E-state index contributed by atoms with van der Waals surface area (Å²) in [5, 5.41) is 4.51. The van der Waals surface area contributed by atoms with Gasteiger partial charge in [0.1, 0.15) is 10.6 Å². The summed E-state index contributed by atoms with van der Waals surface area (Å²) in [5.74, 6) is 7.76. The number of rotatable bonds is 6. The fraction of sp³-hybridized carbons (Fsp3) is 0.538. The second kappa shape index (κ2) is 5.30. The summed E-state index contributed by atoms with van der Waals surface area (Å²) in [7, 11) is 0. The lowest BCUT2D eigenvalue weighted by Gasteiger charge is -2.08. The molecule has 1 saturated carbocycles. The Kier molecular flexibility index (Phi) is 3.52. The molecule has 4 N–H and O–H groups in total. The quantitative estimate of drug-likeness (QED) is 0.430. The first-order valence-electron chi connectivity index (χ1n) is 6.75. The number of nitrogen functional groups attached to an aromatic ring is 1. The van der Waals surface area contributed by atoms with Crippen LogP contribution in [-0.4, -0.2) is 16.5 Å². The van der Waals surface area contributed by atoms with Gasteiger partial charge in [0, 0.05) is 11.4 Å². The minimum Gasteiger partial charge on any atom is -0.369 e. The molecule has 19 heavy (non-hydrogen) atoms.